The molecule has 1 heterocycles. The number of rotatable bonds is 6. The number of benzene rings is 2. The Morgan fingerprint density at radius 1 is 1.03 bits per heavy atom. The van der Waals surface area contributed by atoms with E-state index in [-0.39, 0.29) is 16.4 Å². The Kier molecular flexibility index (Phi) is 6.08. The Morgan fingerprint density at radius 3 is 2.10 bits per heavy atom. The summed E-state index contributed by atoms with van der Waals surface area (Å²) in [5, 5.41) is 0. The number of sulfonamides is 1. The molecule has 0 spiro atoms. The number of ether oxygens (including phenoxy) is 1. The highest BCUT2D eigenvalue weighted by Crippen LogP contribution is 2.21. The third kappa shape index (κ3) is 4.27. The van der Waals surface area contributed by atoms with Crippen LogP contribution in [0, 0.1) is 6.92 Å². The first-order valence-electron chi connectivity index (χ1n) is 9.67. The van der Waals surface area contributed by atoms with Gasteiger partial charge in [0.2, 0.25) is 0 Å². The van der Waals surface area contributed by atoms with Crippen LogP contribution in [0.2, 0.25) is 0 Å². The zero-order valence-corrected chi connectivity index (χ0v) is 18.9. The van der Waals surface area contributed by atoms with Crippen LogP contribution >= 0.6 is 0 Å². The number of esters is 1. The summed E-state index contributed by atoms with van der Waals surface area (Å²) in [6.45, 7) is 5.82. The fraction of sp³-hybridized carbons (Fsp3) is 0.273. The predicted octanol–water partition coefficient (Wildman–Crippen LogP) is 3.20. The highest BCUT2D eigenvalue weighted by atomic mass is 32.2. The maximum atomic E-state index is 12.9. The average molecular weight is 444 g/mol. The van der Waals surface area contributed by atoms with Crippen molar-refractivity contribution >= 4 is 21.7 Å². The molecule has 164 valence electrons. The SMILES string of the molecule is COC(=O)c1ccc(NS(=O)(=O)c2ccc(-n3c(=O)c(C(C)C)c(C)n3C)cc2)cc1. The number of carbonyl (C=O) groups excluding carboxylic acids is 1. The number of nitrogens with zero attached hydrogens (tertiary/aromatic N) is 2. The van der Waals surface area contributed by atoms with Gasteiger partial charge in [-0.1, -0.05) is 13.8 Å². The maximum Gasteiger partial charge on any atom is 0.337 e. The predicted molar refractivity (Wildman–Crippen MR) is 118 cm³/mol. The van der Waals surface area contributed by atoms with E-state index in [1.807, 2.05) is 20.8 Å². The second-order valence-electron chi connectivity index (χ2n) is 7.46. The molecule has 1 aromatic heterocycles. The Morgan fingerprint density at radius 2 is 1.61 bits per heavy atom. The topological polar surface area (TPSA) is 99.4 Å². The minimum atomic E-state index is -3.85. The lowest BCUT2D eigenvalue weighted by atomic mass is 10.0. The molecule has 0 saturated heterocycles. The molecule has 3 aromatic rings. The zero-order valence-electron chi connectivity index (χ0n) is 18.0. The molecule has 3 rings (SSSR count). The van der Waals surface area contributed by atoms with Crippen molar-refractivity contribution in [1.82, 2.24) is 9.36 Å². The lowest BCUT2D eigenvalue weighted by Crippen LogP contribution is -2.21. The number of methoxy groups -OCH3 is 1. The van der Waals surface area contributed by atoms with Gasteiger partial charge in [-0.25, -0.2) is 17.9 Å². The second-order valence-corrected chi connectivity index (χ2v) is 9.15. The minimum Gasteiger partial charge on any atom is -0.465 e. The van der Waals surface area contributed by atoms with Gasteiger partial charge in [0.1, 0.15) is 0 Å². The largest absolute Gasteiger partial charge is 0.465 e. The molecule has 0 radical (unpaired) electrons. The van der Waals surface area contributed by atoms with E-state index in [0.717, 1.165) is 11.3 Å². The molecule has 8 nitrogen and oxygen atoms in total. The van der Waals surface area contributed by atoms with Gasteiger partial charge >= 0.3 is 5.97 Å². The molecule has 0 aliphatic carbocycles. The number of hydrogen-bond acceptors (Lipinski definition) is 5. The first-order chi connectivity index (χ1) is 14.6. The Labute approximate surface area is 181 Å². The summed E-state index contributed by atoms with van der Waals surface area (Å²) in [7, 11) is -0.775. The van der Waals surface area contributed by atoms with Crippen LogP contribution in [0.3, 0.4) is 0 Å². The first kappa shape index (κ1) is 22.4. The van der Waals surface area contributed by atoms with E-state index < -0.39 is 16.0 Å². The summed E-state index contributed by atoms with van der Waals surface area (Å²) in [5.41, 5.74) is 2.69. The van der Waals surface area contributed by atoms with Gasteiger partial charge in [0.05, 0.1) is 23.3 Å². The van der Waals surface area contributed by atoms with Crippen molar-refractivity contribution in [2.24, 2.45) is 7.05 Å². The van der Waals surface area contributed by atoms with Gasteiger partial charge in [-0.05, 0) is 61.4 Å². The zero-order chi connectivity index (χ0) is 22.9. The molecule has 9 heteroatoms. The average Bonchev–Trinajstić information content (AvgIpc) is 2.96. The first-order valence-corrected chi connectivity index (χ1v) is 11.1. The molecule has 0 unspecified atom stereocenters. The summed E-state index contributed by atoms with van der Waals surface area (Å²) in [5.74, 6) is -0.425. The lowest BCUT2D eigenvalue weighted by molar-refractivity contribution is 0.0600. The van der Waals surface area contributed by atoms with E-state index in [1.165, 1.54) is 48.2 Å². The van der Waals surface area contributed by atoms with Crippen LogP contribution in [-0.4, -0.2) is 30.9 Å². The number of carbonyl (C=O) groups is 1. The molecular formula is C22H25N3O5S. The number of aromatic nitrogens is 2. The molecule has 0 saturated carbocycles. The molecule has 0 fully saturated rings. The summed E-state index contributed by atoms with van der Waals surface area (Å²) in [6.07, 6.45) is 0. The Hall–Kier alpha value is -3.33. The number of anilines is 1. The van der Waals surface area contributed by atoms with Crippen LogP contribution in [0.1, 0.15) is 41.4 Å². The van der Waals surface area contributed by atoms with Crippen molar-refractivity contribution in [2.75, 3.05) is 11.8 Å². The van der Waals surface area contributed by atoms with E-state index in [9.17, 15) is 18.0 Å². The Bertz CT molecular complexity index is 1270. The van der Waals surface area contributed by atoms with Gasteiger partial charge in [-0.3, -0.25) is 14.2 Å². The smallest absolute Gasteiger partial charge is 0.337 e. The number of nitrogens with one attached hydrogen (secondary N) is 1. The molecule has 0 aliphatic rings. The highest BCUT2D eigenvalue weighted by Gasteiger charge is 2.20. The highest BCUT2D eigenvalue weighted by molar-refractivity contribution is 7.92. The quantitative estimate of drug-likeness (QED) is 0.590. The van der Waals surface area contributed by atoms with Crippen LogP contribution in [0.5, 0.6) is 0 Å². The molecule has 1 N–H and O–H groups in total. The molecule has 0 amide bonds. The van der Waals surface area contributed by atoms with Gasteiger partial charge in [-0.15, -0.1) is 0 Å². The van der Waals surface area contributed by atoms with Gasteiger partial charge in [0.25, 0.3) is 15.6 Å². The third-order valence-corrected chi connectivity index (χ3v) is 6.52. The third-order valence-electron chi connectivity index (χ3n) is 5.13. The molecule has 2 aromatic carbocycles. The number of hydrogen-bond donors (Lipinski definition) is 1. The summed E-state index contributed by atoms with van der Waals surface area (Å²) in [4.78, 5) is 24.4. The van der Waals surface area contributed by atoms with Crippen LogP contribution in [0.15, 0.2) is 58.2 Å². The van der Waals surface area contributed by atoms with Gasteiger partial charge in [-0.2, -0.15) is 0 Å². The Balaban J connectivity index is 1.88. The van der Waals surface area contributed by atoms with E-state index in [2.05, 4.69) is 9.46 Å². The van der Waals surface area contributed by atoms with E-state index >= 15 is 0 Å². The summed E-state index contributed by atoms with van der Waals surface area (Å²) in [6, 6.07) is 12.0. The molecular weight excluding hydrogens is 418 g/mol. The summed E-state index contributed by atoms with van der Waals surface area (Å²) >= 11 is 0. The molecule has 31 heavy (non-hydrogen) atoms. The van der Waals surface area contributed by atoms with E-state index in [0.29, 0.717) is 16.9 Å². The van der Waals surface area contributed by atoms with Crippen molar-refractivity contribution < 1.29 is 17.9 Å². The molecule has 0 aliphatic heterocycles. The minimum absolute atomic E-state index is 0.0522. The van der Waals surface area contributed by atoms with E-state index in [4.69, 9.17) is 0 Å². The van der Waals surface area contributed by atoms with E-state index in [1.54, 1.807) is 23.9 Å². The van der Waals surface area contributed by atoms with Crippen LogP contribution in [0.25, 0.3) is 5.69 Å². The second kappa shape index (κ2) is 8.43. The van der Waals surface area contributed by atoms with Crippen molar-refractivity contribution in [3.8, 4) is 5.69 Å². The fourth-order valence-corrected chi connectivity index (χ4v) is 4.52. The van der Waals surface area contributed by atoms with Crippen molar-refractivity contribution in [3.63, 3.8) is 0 Å². The summed E-state index contributed by atoms with van der Waals surface area (Å²) < 4.78 is 35.9. The van der Waals surface area contributed by atoms with Gasteiger partial charge in [0, 0.05) is 24.0 Å². The van der Waals surface area contributed by atoms with Gasteiger partial charge in [0.15, 0.2) is 0 Å². The van der Waals surface area contributed by atoms with Crippen molar-refractivity contribution in [3.05, 3.63) is 75.7 Å². The van der Waals surface area contributed by atoms with Crippen LogP contribution in [-0.2, 0) is 21.8 Å². The monoisotopic (exact) mass is 443 g/mol. The van der Waals surface area contributed by atoms with Crippen LogP contribution < -0.4 is 10.3 Å². The standard InChI is InChI=1S/C22H25N3O5S/c1-14(2)20-15(3)24(4)25(21(20)26)18-10-12-19(13-11-18)31(28,29)23-17-8-6-16(7-9-17)22(27)30-5/h6-14,23H,1-5H3. The van der Waals surface area contributed by atoms with Crippen LogP contribution in [0.4, 0.5) is 5.69 Å². The van der Waals surface area contributed by atoms with Gasteiger partial charge < -0.3 is 4.74 Å². The molecule has 0 bridgehead atoms. The fourth-order valence-electron chi connectivity index (χ4n) is 3.46. The van der Waals surface area contributed by atoms with Crippen molar-refractivity contribution in [1.29, 1.82) is 0 Å². The normalized spacial score (nSPS) is 11.5. The lowest BCUT2D eigenvalue weighted by Gasteiger charge is -2.11. The maximum absolute atomic E-state index is 12.9. The molecule has 0 atom stereocenters. The van der Waals surface area contributed by atoms with Crippen molar-refractivity contribution in [2.45, 2.75) is 31.6 Å².